The van der Waals surface area contributed by atoms with E-state index < -0.39 is 0 Å². The second-order valence-corrected chi connectivity index (χ2v) is 5.45. The Bertz CT molecular complexity index is 286. The lowest BCUT2D eigenvalue weighted by Gasteiger charge is -2.16. The lowest BCUT2D eigenvalue weighted by molar-refractivity contribution is 0.423. The van der Waals surface area contributed by atoms with Crippen LogP contribution in [0.3, 0.4) is 0 Å². The molecule has 1 aliphatic rings. The van der Waals surface area contributed by atoms with E-state index in [2.05, 4.69) is 40.0 Å². The fourth-order valence-corrected chi connectivity index (χ4v) is 3.00. The highest BCUT2D eigenvalue weighted by atomic mass is 79.9. The number of pyridine rings is 1. The molecule has 1 saturated carbocycles. The Balaban J connectivity index is 1.99. The number of alkyl halides is 1. The van der Waals surface area contributed by atoms with Gasteiger partial charge in [-0.15, -0.1) is 0 Å². The van der Waals surface area contributed by atoms with Crippen LogP contribution in [0.25, 0.3) is 0 Å². The maximum Gasteiger partial charge on any atom is 0.0270 e. The third kappa shape index (κ3) is 2.17. The van der Waals surface area contributed by atoms with Gasteiger partial charge in [0, 0.05) is 17.2 Å². The standard InChI is InChI=1S/C12H16BrN/c1-9-11(2-3-12(9)13)8-10-4-6-14-7-5-10/h4-7,9,11-12H,2-3,8H2,1H3. The highest BCUT2D eigenvalue weighted by Gasteiger charge is 2.30. The highest BCUT2D eigenvalue weighted by Crippen LogP contribution is 2.38. The zero-order chi connectivity index (χ0) is 9.97. The van der Waals surface area contributed by atoms with Gasteiger partial charge in [0.25, 0.3) is 0 Å². The second-order valence-electron chi connectivity index (χ2n) is 4.27. The number of hydrogen-bond donors (Lipinski definition) is 0. The minimum atomic E-state index is 0.731. The molecule has 0 amide bonds. The molecule has 0 aromatic carbocycles. The lowest BCUT2D eigenvalue weighted by atomic mass is 9.91. The largest absolute Gasteiger partial charge is 0.265 e. The first kappa shape index (κ1) is 10.2. The van der Waals surface area contributed by atoms with Gasteiger partial charge in [-0.05, 0) is 48.8 Å². The van der Waals surface area contributed by atoms with Crippen molar-refractivity contribution in [1.29, 1.82) is 0 Å². The molecule has 76 valence electrons. The fraction of sp³-hybridized carbons (Fsp3) is 0.583. The quantitative estimate of drug-likeness (QED) is 0.737. The minimum absolute atomic E-state index is 0.731. The van der Waals surface area contributed by atoms with E-state index in [1.165, 1.54) is 24.8 Å². The van der Waals surface area contributed by atoms with Gasteiger partial charge < -0.3 is 0 Å². The summed E-state index contributed by atoms with van der Waals surface area (Å²) in [4.78, 5) is 4.78. The molecule has 0 bridgehead atoms. The molecule has 0 spiro atoms. The topological polar surface area (TPSA) is 12.9 Å². The van der Waals surface area contributed by atoms with E-state index in [9.17, 15) is 0 Å². The van der Waals surface area contributed by atoms with Crippen molar-refractivity contribution in [3.63, 3.8) is 0 Å². The molecular weight excluding hydrogens is 238 g/mol. The molecule has 3 unspecified atom stereocenters. The van der Waals surface area contributed by atoms with Crippen LogP contribution in [0.15, 0.2) is 24.5 Å². The Morgan fingerprint density at radius 3 is 2.64 bits per heavy atom. The number of nitrogens with zero attached hydrogens (tertiary/aromatic N) is 1. The van der Waals surface area contributed by atoms with Gasteiger partial charge in [-0.3, -0.25) is 4.98 Å². The Morgan fingerprint density at radius 2 is 2.07 bits per heavy atom. The average Bonchev–Trinajstić information content (AvgIpc) is 2.52. The molecular formula is C12H16BrN. The maximum absolute atomic E-state index is 4.04. The number of aromatic nitrogens is 1. The monoisotopic (exact) mass is 253 g/mol. The summed E-state index contributed by atoms with van der Waals surface area (Å²) in [6.45, 7) is 2.36. The van der Waals surface area contributed by atoms with E-state index >= 15 is 0 Å². The smallest absolute Gasteiger partial charge is 0.0270 e. The van der Waals surface area contributed by atoms with Crippen molar-refractivity contribution in [2.75, 3.05) is 0 Å². The molecule has 2 rings (SSSR count). The summed E-state index contributed by atoms with van der Waals surface area (Å²) >= 11 is 3.75. The van der Waals surface area contributed by atoms with Crippen LogP contribution in [0.5, 0.6) is 0 Å². The predicted molar refractivity (Wildman–Crippen MR) is 62.5 cm³/mol. The highest BCUT2D eigenvalue weighted by molar-refractivity contribution is 9.09. The summed E-state index contributed by atoms with van der Waals surface area (Å²) in [6, 6.07) is 4.27. The Morgan fingerprint density at radius 1 is 1.36 bits per heavy atom. The van der Waals surface area contributed by atoms with Crippen molar-refractivity contribution in [2.45, 2.75) is 31.0 Å². The molecule has 0 radical (unpaired) electrons. The number of hydrogen-bond acceptors (Lipinski definition) is 1. The molecule has 1 aromatic rings. The van der Waals surface area contributed by atoms with Crippen molar-refractivity contribution in [3.05, 3.63) is 30.1 Å². The first-order valence-electron chi connectivity index (χ1n) is 5.30. The fourth-order valence-electron chi connectivity index (χ4n) is 2.30. The molecule has 1 aromatic heterocycles. The van der Waals surface area contributed by atoms with Crippen LogP contribution in [0.2, 0.25) is 0 Å². The molecule has 14 heavy (non-hydrogen) atoms. The van der Waals surface area contributed by atoms with Gasteiger partial charge in [0.2, 0.25) is 0 Å². The third-order valence-corrected chi connectivity index (χ3v) is 4.67. The molecule has 0 aliphatic heterocycles. The minimum Gasteiger partial charge on any atom is -0.265 e. The van der Waals surface area contributed by atoms with Gasteiger partial charge in [-0.25, -0.2) is 0 Å². The van der Waals surface area contributed by atoms with Crippen LogP contribution < -0.4 is 0 Å². The van der Waals surface area contributed by atoms with Gasteiger partial charge in [0.1, 0.15) is 0 Å². The molecule has 0 N–H and O–H groups in total. The summed E-state index contributed by atoms with van der Waals surface area (Å²) in [5, 5.41) is 0. The van der Waals surface area contributed by atoms with Crippen molar-refractivity contribution in [1.82, 2.24) is 4.98 Å². The van der Waals surface area contributed by atoms with Crippen molar-refractivity contribution in [3.8, 4) is 0 Å². The second kappa shape index (κ2) is 4.43. The lowest BCUT2D eigenvalue weighted by Crippen LogP contribution is -2.12. The SMILES string of the molecule is CC1C(Br)CCC1Cc1ccncc1. The van der Waals surface area contributed by atoms with E-state index in [-0.39, 0.29) is 0 Å². The molecule has 0 saturated heterocycles. The van der Waals surface area contributed by atoms with E-state index in [1.54, 1.807) is 0 Å². The summed E-state index contributed by atoms with van der Waals surface area (Å²) in [5.41, 5.74) is 1.43. The van der Waals surface area contributed by atoms with Gasteiger partial charge in [0.05, 0.1) is 0 Å². The first-order valence-corrected chi connectivity index (χ1v) is 6.22. The van der Waals surface area contributed by atoms with Crippen molar-refractivity contribution in [2.24, 2.45) is 11.8 Å². The van der Waals surface area contributed by atoms with Gasteiger partial charge in [-0.2, -0.15) is 0 Å². The average molecular weight is 254 g/mol. The summed E-state index contributed by atoms with van der Waals surface area (Å²) in [5.74, 6) is 1.66. The zero-order valence-corrected chi connectivity index (χ0v) is 10.1. The van der Waals surface area contributed by atoms with Crippen LogP contribution in [-0.4, -0.2) is 9.81 Å². The van der Waals surface area contributed by atoms with Gasteiger partial charge in [-0.1, -0.05) is 22.9 Å². The Labute approximate surface area is 94.1 Å². The van der Waals surface area contributed by atoms with Crippen molar-refractivity contribution >= 4 is 15.9 Å². The maximum atomic E-state index is 4.04. The first-order chi connectivity index (χ1) is 6.77. The van der Waals surface area contributed by atoms with E-state index in [4.69, 9.17) is 0 Å². The summed E-state index contributed by atoms with van der Waals surface area (Å²) < 4.78 is 0. The normalized spacial score (nSPS) is 32.0. The van der Waals surface area contributed by atoms with Crippen LogP contribution >= 0.6 is 15.9 Å². The van der Waals surface area contributed by atoms with Crippen LogP contribution in [0, 0.1) is 11.8 Å². The molecule has 2 heteroatoms. The van der Waals surface area contributed by atoms with E-state index in [0.717, 1.165) is 16.7 Å². The van der Waals surface area contributed by atoms with Crippen molar-refractivity contribution < 1.29 is 0 Å². The molecule has 1 aliphatic carbocycles. The molecule has 1 fully saturated rings. The number of halogens is 1. The molecule has 1 heterocycles. The third-order valence-electron chi connectivity index (χ3n) is 3.37. The Hall–Kier alpha value is -0.370. The molecule has 1 nitrogen and oxygen atoms in total. The molecule has 3 atom stereocenters. The summed E-state index contributed by atoms with van der Waals surface area (Å²) in [7, 11) is 0. The van der Waals surface area contributed by atoms with Crippen LogP contribution in [-0.2, 0) is 6.42 Å². The van der Waals surface area contributed by atoms with Gasteiger partial charge in [0.15, 0.2) is 0 Å². The Kier molecular flexibility index (Phi) is 3.22. The van der Waals surface area contributed by atoms with E-state index in [0.29, 0.717) is 0 Å². The predicted octanol–water partition coefficient (Wildman–Crippen LogP) is 3.43. The van der Waals surface area contributed by atoms with Crippen LogP contribution in [0.4, 0.5) is 0 Å². The number of rotatable bonds is 2. The van der Waals surface area contributed by atoms with E-state index in [1.807, 2.05) is 12.4 Å². The van der Waals surface area contributed by atoms with Gasteiger partial charge >= 0.3 is 0 Å². The summed E-state index contributed by atoms with van der Waals surface area (Å²) in [6.07, 6.45) is 7.68. The van der Waals surface area contributed by atoms with Crippen LogP contribution in [0.1, 0.15) is 25.3 Å². The zero-order valence-electron chi connectivity index (χ0n) is 8.49.